The molecule has 0 heterocycles. The zero-order chi connectivity index (χ0) is 7.82. The van der Waals surface area contributed by atoms with Gasteiger partial charge in [0.05, 0.1) is 7.11 Å². The lowest BCUT2D eigenvalue weighted by Gasteiger charge is -1.88. The molecule has 10 heavy (non-hydrogen) atoms. The first kappa shape index (κ1) is 9.45. The smallest absolute Gasteiger partial charge is 0.237 e. The van der Waals surface area contributed by atoms with Crippen molar-refractivity contribution in [3.8, 4) is 11.8 Å². The summed E-state index contributed by atoms with van der Waals surface area (Å²) in [5.74, 6) is 5.65. The molecule has 0 aliphatic rings. The molecule has 0 aromatic heterocycles. The molecular formula is C8H12OS. The summed E-state index contributed by atoms with van der Waals surface area (Å²) in [6, 6.07) is 0. The van der Waals surface area contributed by atoms with Gasteiger partial charge in [-0.3, -0.25) is 0 Å². The van der Waals surface area contributed by atoms with E-state index in [-0.39, 0.29) is 0 Å². The van der Waals surface area contributed by atoms with Crippen molar-refractivity contribution in [3.63, 3.8) is 0 Å². The zero-order valence-corrected chi connectivity index (χ0v) is 7.25. The highest BCUT2D eigenvalue weighted by atomic mass is 32.1. The summed E-state index contributed by atoms with van der Waals surface area (Å²) in [7, 11) is 1.54. The first-order valence-electron chi connectivity index (χ1n) is 3.38. The van der Waals surface area contributed by atoms with Crippen LogP contribution in [0.4, 0.5) is 0 Å². The van der Waals surface area contributed by atoms with Gasteiger partial charge in [-0.1, -0.05) is 19.3 Å². The molecular weight excluding hydrogens is 144 g/mol. The van der Waals surface area contributed by atoms with Crippen molar-refractivity contribution in [1.29, 1.82) is 0 Å². The maximum atomic E-state index is 4.71. The van der Waals surface area contributed by atoms with E-state index < -0.39 is 0 Å². The molecule has 2 heteroatoms. The molecule has 0 aliphatic carbocycles. The van der Waals surface area contributed by atoms with Gasteiger partial charge in [-0.15, -0.1) is 0 Å². The molecule has 0 unspecified atom stereocenters. The van der Waals surface area contributed by atoms with Gasteiger partial charge < -0.3 is 4.74 Å². The number of thiocarbonyl (C=S) groups is 1. The van der Waals surface area contributed by atoms with Gasteiger partial charge in [-0.05, 0) is 24.6 Å². The van der Waals surface area contributed by atoms with Gasteiger partial charge in [-0.2, -0.15) is 0 Å². The van der Waals surface area contributed by atoms with Crippen LogP contribution in [0.3, 0.4) is 0 Å². The molecule has 0 N–H and O–H groups in total. The van der Waals surface area contributed by atoms with E-state index in [2.05, 4.69) is 23.5 Å². The van der Waals surface area contributed by atoms with Crippen LogP contribution in [0.15, 0.2) is 0 Å². The molecule has 0 saturated carbocycles. The Hall–Kier alpha value is -0.550. The lowest BCUT2D eigenvalue weighted by Crippen LogP contribution is -1.90. The topological polar surface area (TPSA) is 9.23 Å². The van der Waals surface area contributed by atoms with E-state index in [1.54, 1.807) is 0 Å². The van der Waals surface area contributed by atoms with Crippen LogP contribution in [0.2, 0.25) is 0 Å². The molecule has 1 nitrogen and oxygen atoms in total. The average Bonchev–Trinajstić information content (AvgIpc) is 1.98. The van der Waals surface area contributed by atoms with Crippen LogP contribution >= 0.6 is 12.2 Å². The molecule has 0 radical (unpaired) electrons. The molecule has 0 spiro atoms. The van der Waals surface area contributed by atoms with E-state index in [9.17, 15) is 0 Å². The minimum absolute atomic E-state index is 0.385. The van der Waals surface area contributed by atoms with Crippen LogP contribution in [0.5, 0.6) is 0 Å². The fourth-order valence-corrected chi connectivity index (χ4v) is 0.523. The number of methoxy groups -OCH3 is 1. The number of rotatable bonds is 2. The van der Waals surface area contributed by atoms with Crippen LogP contribution in [0, 0.1) is 11.8 Å². The lowest BCUT2D eigenvalue weighted by molar-refractivity contribution is 0.420. The number of ether oxygens (including phenoxy) is 1. The Morgan fingerprint density at radius 2 is 2.30 bits per heavy atom. The second-order valence-corrected chi connectivity index (χ2v) is 2.27. The van der Waals surface area contributed by atoms with Gasteiger partial charge in [0.2, 0.25) is 5.05 Å². The third kappa shape index (κ3) is 5.58. The molecule has 0 rings (SSSR count). The van der Waals surface area contributed by atoms with Crippen LogP contribution in [-0.4, -0.2) is 12.2 Å². The third-order valence-corrected chi connectivity index (χ3v) is 1.30. The maximum absolute atomic E-state index is 4.71. The third-order valence-electron chi connectivity index (χ3n) is 1.03. The Kier molecular flexibility index (Phi) is 6.21. The van der Waals surface area contributed by atoms with Gasteiger partial charge in [0.25, 0.3) is 0 Å². The number of hydrogen-bond acceptors (Lipinski definition) is 2. The predicted octanol–water partition coefficient (Wildman–Crippen LogP) is 2.15. The summed E-state index contributed by atoms with van der Waals surface area (Å²) in [5.41, 5.74) is 0. The second kappa shape index (κ2) is 6.57. The van der Waals surface area contributed by atoms with Crippen molar-refractivity contribution in [2.45, 2.75) is 26.2 Å². The van der Waals surface area contributed by atoms with Crippen molar-refractivity contribution >= 4 is 17.3 Å². The van der Waals surface area contributed by atoms with E-state index in [0.29, 0.717) is 5.05 Å². The van der Waals surface area contributed by atoms with Crippen molar-refractivity contribution in [1.82, 2.24) is 0 Å². The quantitative estimate of drug-likeness (QED) is 0.344. The summed E-state index contributed by atoms with van der Waals surface area (Å²) in [4.78, 5) is 0. The molecule has 0 aliphatic heterocycles. The van der Waals surface area contributed by atoms with E-state index >= 15 is 0 Å². The fraction of sp³-hybridized carbons (Fsp3) is 0.625. The second-order valence-electron chi connectivity index (χ2n) is 1.90. The highest BCUT2D eigenvalue weighted by molar-refractivity contribution is 7.80. The Bertz CT molecular complexity index is 152. The maximum Gasteiger partial charge on any atom is 0.237 e. The van der Waals surface area contributed by atoms with Crippen molar-refractivity contribution in [2.75, 3.05) is 7.11 Å². The zero-order valence-electron chi connectivity index (χ0n) is 6.44. The van der Waals surface area contributed by atoms with Crippen molar-refractivity contribution in [2.24, 2.45) is 0 Å². The van der Waals surface area contributed by atoms with Gasteiger partial charge in [0.1, 0.15) is 0 Å². The van der Waals surface area contributed by atoms with Gasteiger partial charge in [-0.25, -0.2) is 0 Å². The molecule has 0 atom stereocenters. The standard InChI is InChI=1S/C8H12OS/c1-3-4-5-6-7-8(10)9-2/h3-5H2,1-2H3. The summed E-state index contributed by atoms with van der Waals surface area (Å²) < 4.78 is 4.69. The minimum atomic E-state index is 0.385. The van der Waals surface area contributed by atoms with Crippen molar-refractivity contribution < 1.29 is 4.74 Å². The number of unbranched alkanes of at least 4 members (excludes halogenated alkanes) is 2. The summed E-state index contributed by atoms with van der Waals surface area (Å²) >= 11 is 4.71. The Labute approximate surface area is 67.8 Å². The van der Waals surface area contributed by atoms with Crippen molar-refractivity contribution in [3.05, 3.63) is 0 Å². The Balaban J connectivity index is 3.39. The largest absolute Gasteiger partial charge is 0.480 e. The molecule has 0 saturated heterocycles. The Morgan fingerprint density at radius 1 is 1.60 bits per heavy atom. The van der Waals surface area contributed by atoms with E-state index in [1.165, 1.54) is 13.5 Å². The van der Waals surface area contributed by atoms with Crippen LogP contribution in [-0.2, 0) is 4.74 Å². The first-order valence-corrected chi connectivity index (χ1v) is 3.79. The first-order chi connectivity index (χ1) is 4.81. The Morgan fingerprint density at radius 3 is 2.80 bits per heavy atom. The molecule has 0 bridgehead atoms. The van der Waals surface area contributed by atoms with Gasteiger partial charge in [0.15, 0.2) is 0 Å². The monoisotopic (exact) mass is 156 g/mol. The SMILES string of the molecule is CCCCC#CC(=S)OC. The van der Waals surface area contributed by atoms with Gasteiger partial charge >= 0.3 is 0 Å². The normalized spacial score (nSPS) is 7.80. The predicted molar refractivity (Wildman–Crippen MR) is 46.9 cm³/mol. The van der Waals surface area contributed by atoms with E-state index in [0.717, 1.165) is 12.8 Å². The summed E-state index contributed by atoms with van der Waals surface area (Å²) in [5, 5.41) is 0.385. The highest BCUT2D eigenvalue weighted by Crippen LogP contribution is 1.90. The fourth-order valence-electron chi connectivity index (χ4n) is 0.451. The molecule has 0 aromatic carbocycles. The van der Waals surface area contributed by atoms with E-state index in [1.807, 2.05) is 0 Å². The van der Waals surface area contributed by atoms with Crippen LogP contribution < -0.4 is 0 Å². The molecule has 0 fully saturated rings. The molecule has 0 aromatic rings. The van der Waals surface area contributed by atoms with Crippen LogP contribution in [0.1, 0.15) is 26.2 Å². The lowest BCUT2D eigenvalue weighted by atomic mass is 10.2. The van der Waals surface area contributed by atoms with Crippen LogP contribution in [0.25, 0.3) is 0 Å². The van der Waals surface area contributed by atoms with Gasteiger partial charge in [0, 0.05) is 6.42 Å². The molecule has 56 valence electrons. The number of hydrogen-bond donors (Lipinski definition) is 0. The summed E-state index contributed by atoms with van der Waals surface area (Å²) in [6.07, 6.45) is 3.23. The summed E-state index contributed by atoms with van der Waals surface area (Å²) in [6.45, 7) is 2.14. The minimum Gasteiger partial charge on any atom is -0.480 e. The van der Waals surface area contributed by atoms with E-state index in [4.69, 9.17) is 12.2 Å². The molecule has 0 amide bonds. The average molecular weight is 156 g/mol. The highest BCUT2D eigenvalue weighted by Gasteiger charge is 1.81.